The Morgan fingerprint density at radius 3 is 2.57 bits per heavy atom. The lowest BCUT2D eigenvalue weighted by Crippen LogP contribution is -2.45. The second kappa shape index (κ2) is 9.07. The van der Waals surface area contributed by atoms with Gasteiger partial charge < -0.3 is 19.4 Å². The molecule has 3 N–H and O–H groups in total. The molecule has 1 amide bonds. The van der Waals surface area contributed by atoms with Crippen molar-refractivity contribution >= 4 is 5.91 Å². The van der Waals surface area contributed by atoms with Gasteiger partial charge in [-0.15, -0.1) is 0 Å². The van der Waals surface area contributed by atoms with Crippen LogP contribution in [0.25, 0.3) is 0 Å². The number of rotatable bonds is 8. The standard InChI is InChI=1S/C20H29N5O3/c1-5-6-14-11-17(24-23-14)20(26)22-18(19-21-7-8-25(19)2)13-9-15(27-3)12-16(10-13)28-4/h7-10,12,14,17-18,23-24H,5-6,11H2,1-4H3,(H,22,26). The van der Waals surface area contributed by atoms with Crippen LogP contribution in [0.4, 0.5) is 0 Å². The van der Waals surface area contributed by atoms with Crippen LogP contribution in [0.5, 0.6) is 11.5 Å². The molecule has 1 aromatic heterocycles. The van der Waals surface area contributed by atoms with E-state index in [-0.39, 0.29) is 11.9 Å². The fraction of sp³-hybridized carbons (Fsp3) is 0.500. The highest BCUT2D eigenvalue weighted by molar-refractivity contribution is 5.82. The van der Waals surface area contributed by atoms with Gasteiger partial charge in [0.15, 0.2) is 0 Å². The molecular weight excluding hydrogens is 358 g/mol. The van der Waals surface area contributed by atoms with Crippen LogP contribution in [0, 0.1) is 0 Å². The summed E-state index contributed by atoms with van der Waals surface area (Å²) in [4.78, 5) is 17.4. The predicted molar refractivity (Wildman–Crippen MR) is 106 cm³/mol. The van der Waals surface area contributed by atoms with Crippen molar-refractivity contribution in [3.8, 4) is 11.5 Å². The quantitative estimate of drug-likeness (QED) is 0.639. The van der Waals surface area contributed by atoms with Crippen LogP contribution in [-0.2, 0) is 11.8 Å². The van der Waals surface area contributed by atoms with Crippen LogP contribution in [0.15, 0.2) is 30.6 Å². The average Bonchev–Trinajstić information content (AvgIpc) is 3.35. The number of carbonyl (C=O) groups is 1. The summed E-state index contributed by atoms with van der Waals surface area (Å²) in [6.07, 6.45) is 6.45. The Hall–Kier alpha value is -2.58. The highest BCUT2D eigenvalue weighted by Gasteiger charge is 2.31. The molecular formula is C20H29N5O3. The van der Waals surface area contributed by atoms with Gasteiger partial charge in [0.25, 0.3) is 0 Å². The number of methoxy groups -OCH3 is 2. The maximum absolute atomic E-state index is 13.0. The molecule has 1 aliphatic heterocycles. The summed E-state index contributed by atoms with van der Waals surface area (Å²) in [5.41, 5.74) is 7.17. The summed E-state index contributed by atoms with van der Waals surface area (Å²) in [6, 6.07) is 5.18. The van der Waals surface area contributed by atoms with E-state index in [2.05, 4.69) is 28.1 Å². The molecule has 3 atom stereocenters. The first-order valence-electron chi connectivity index (χ1n) is 9.57. The molecule has 0 bridgehead atoms. The zero-order valence-corrected chi connectivity index (χ0v) is 16.9. The molecule has 3 rings (SSSR count). The minimum absolute atomic E-state index is 0.0686. The van der Waals surface area contributed by atoms with Crippen LogP contribution in [0.3, 0.4) is 0 Å². The van der Waals surface area contributed by atoms with Crippen molar-refractivity contribution in [3.05, 3.63) is 42.0 Å². The van der Waals surface area contributed by atoms with Gasteiger partial charge in [0.05, 0.1) is 14.2 Å². The number of benzene rings is 1. The van der Waals surface area contributed by atoms with E-state index in [1.165, 1.54) is 0 Å². The number of hydrazine groups is 1. The molecule has 8 nitrogen and oxygen atoms in total. The third kappa shape index (κ3) is 4.45. The minimum atomic E-state index is -0.427. The summed E-state index contributed by atoms with van der Waals surface area (Å²) in [5, 5.41) is 3.15. The van der Waals surface area contributed by atoms with Gasteiger partial charge in [-0.05, 0) is 30.5 Å². The van der Waals surface area contributed by atoms with E-state index >= 15 is 0 Å². The van der Waals surface area contributed by atoms with E-state index in [0.29, 0.717) is 17.5 Å². The molecule has 3 unspecified atom stereocenters. The summed E-state index contributed by atoms with van der Waals surface area (Å²) >= 11 is 0. The highest BCUT2D eigenvalue weighted by Crippen LogP contribution is 2.29. The topological polar surface area (TPSA) is 89.4 Å². The van der Waals surface area contributed by atoms with E-state index in [9.17, 15) is 4.79 Å². The third-order valence-electron chi connectivity index (χ3n) is 5.05. The second-order valence-corrected chi connectivity index (χ2v) is 7.05. The SMILES string of the molecule is CCCC1CC(C(=O)NC(c2cc(OC)cc(OC)c2)c2nccn2C)NN1. The molecule has 1 fully saturated rings. The van der Waals surface area contributed by atoms with E-state index in [0.717, 1.165) is 30.7 Å². The third-order valence-corrected chi connectivity index (χ3v) is 5.05. The monoisotopic (exact) mass is 387 g/mol. The van der Waals surface area contributed by atoms with Crippen molar-refractivity contribution in [1.29, 1.82) is 0 Å². The minimum Gasteiger partial charge on any atom is -0.497 e. The van der Waals surface area contributed by atoms with Crippen molar-refractivity contribution in [3.63, 3.8) is 0 Å². The molecule has 1 aromatic carbocycles. The number of nitrogens with one attached hydrogen (secondary N) is 3. The highest BCUT2D eigenvalue weighted by atomic mass is 16.5. The van der Waals surface area contributed by atoms with Gasteiger partial charge in [-0.3, -0.25) is 10.2 Å². The van der Waals surface area contributed by atoms with Gasteiger partial charge in [-0.2, -0.15) is 0 Å². The summed E-state index contributed by atoms with van der Waals surface area (Å²) in [5.74, 6) is 1.98. The molecule has 0 radical (unpaired) electrons. The normalized spacial score (nSPS) is 20.0. The largest absolute Gasteiger partial charge is 0.497 e. The number of carbonyl (C=O) groups excluding carboxylic acids is 1. The molecule has 0 saturated carbocycles. The number of aryl methyl sites for hydroxylation is 1. The number of hydrogen-bond donors (Lipinski definition) is 3. The lowest BCUT2D eigenvalue weighted by Gasteiger charge is -2.22. The maximum atomic E-state index is 13.0. The van der Waals surface area contributed by atoms with Crippen LogP contribution in [-0.4, -0.2) is 41.8 Å². The van der Waals surface area contributed by atoms with Crippen LogP contribution < -0.4 is 25.6 Å². The van der Waals surface area contributed by atoms with Gasteiger partial charge in [0, 0.05) is 31.5 Å². The van der Waals surface area contributed by atoms with E-state index < -0.39 is 6.04 Å². The summed E-state index contributed by atoms with van der Waals surface area (Å²) in [6.45, 7) is 2.14. The number of amides is 1. The van der Waals surface area contributed by atoms with Gasteiger partial charge in [0.1, 0.15) is 29.4 Å². The van der Waals surface area contributed by atoms with Crippen molar-refractivity contribution in [2.75, 3.05) is 14.2 Å². The first kappa shape index (κ1) is 20.2. The van der Waals surface area contributed by atoms with Gasteiger partial charge >= 0.3 is 0 Å². The van der Waals surface area contributed by atoms with E-state index in [4.69, 9.17) is 9.47 Å². The van der Waals surface area contributed by atoms with Gasteiger partial charge in [-0.25, -0.2) is 10.4 Å². The van der Waals surface area contributed by atoms with Crippen molar-refractivity contribution in [2.45, 2.75) is 44.3 Å². The molecule has 1 saturated heterocycles. The smallest absolute Gasteiger partial charge is 0.239 e. The number of nitrogens with zero attached hydrogens (tertiary/aromatic N) is 2. The Balaban J connectivity index is 1.87. The van der Waals surface area contributed by atoms with Crippen LogP contribution in [0.2, 0.25) is 0 Å². The second-order valence-electron chi connectivity index (χ2n) is 7.05. The Bertz CT molecular complexity index is 785. The molecule has 28 heavy (non-hydrogen) atoms. The maximum Gasteiger partial charge on any atom is 0.239 e. The lowest BCUT2D eigenvalue weighted by atomic mass is 10.0. The first-order chi connectivity index (χ1) is 13.5. The Morgan fingerprint density at radius 2 is 2.00 bits per heavy atom. The molecule has 0 spiro atoms. The van der Waals surface area contributed by atoms with Crippen molar-refractivity contribution < 1.29 is 14.3 Å². The molecule has 2 aromatic rings. The van der Waals surface area contributed by atoms with Crippen LogP contribution in [0.1, 0.15) is 43.6 Å². The number of hydrogen-bond acceptors (Lipinski definition) is 6. The zero-order chi connectivity index (χ0) is 20.1. The molecule has 152 valence electrons. The lowest BCUT2D eigenvalue weighted by molar-refractivity contribution is -0.123. The van der Waals surface area contributed by atoms with Crippen molar-refractivity contribution in [2.24, 2.45) is 7.05 Å². The zero-order valence-electron chi connectivity index (χ0n) is 16.9. The van der Waals surface area contributed by atoms with Gasteiger partial charge in [-0.1, -0.05) is 13.3 Å². The molecule has 2 heterocycles. The fourth-order valence-electron chi connectivity index (χ4n) is 3.52. The van der Waals surface area contributed by atoms with E-state index in [1.54, 1.807) is 26.5 Å². The number of ether oxygens (including phenoxy) is 2. The fourth-order valence-corrected chi connectivity index (χ4v) is 3.52. The Kier molecular flexibility index (Phi) is 6.53. The summed E-state index contributed by atoms with van der Waals surface area (Å²) < 4.78 is 12.7. The molecule has 8 heteroatoms. The average molecular weight is 387 g/mol. The van der Waals surface area contributed by atoms with Crippen molar-refractivity contribution in [1.82, 2.24) is 25.7 Å². The Morgan fingerprint density at radius 1 is 1.29 bits per heavy atom. The molecule has 0 aliphatic carbocycles. The summed E-state index contributed by atoms with van der Waals surface area (Å²) in [7, 11) is 5.12. The first-order valence-corrected chi connectivity index (χ1v) is 9.57. The number of aromatic nitrogens is 2. The van der Waals surface area contributed by atoms with E-state index in [1.807, 2.05) is 29.9 Å². The molecule has 1 aliphatic rings. The Labute approximate surface area is 165 Å². The predicted octanol–water partition coefficient (Wildman–Crippen LogP) is 1.68. The van der Waals surface area contributed by atoms with Gasteiger partial charge in [0.2, 0.25) is 5.91 Å². The van der Waals surface area contributed by atoms with Crippen LogP contribution >= 0.6 is 0 Å². The number of imidazole rings is 1.